The van der Waals surface area contributed by atoms with Gasteiger partial charge in [-0.25, -0.2) is 15.0 Å². The first-order valence-electron chi connectivity index (χ1n) is 17.8. The van der Waals surface area contributed by atoms with Gasteiger partial charge in [0, 0.05) is 27.6 Å². The van der Waals surface area contributed by atoms with Crippen molar-refractivity contribution in [3.05, 3.63) is 188 Å². The number of benzene rings is 8. The van der Waals surface area contributed by atoms with Crippen LogP contribution in [0.4, 0.5) is 0 Å². The van der Waals surface area contributed by atoms with Gasteiger partial charge in [-0.2, -0.15) is 0 Å². The fraction of sp³-hybridized carbons (Fsp3) is 0. The third-order valence-corrected chi connectivity index (χ3v) is 9.91. The molecule has 0 fully saturated rings. The van der Waals surface area contributed by atoms with Gasteiger partial charge in [0.2, 0.25) is 5.89 Å². The molecule has 4 nitrogen and oxygen atoms in total. The van der Waals surface area contributed by atoms with Crippen LogP contribution in [0.3, 0.4) is 0 Å². The minimum atomic E-state index is 0.597. The second kappa shape index (κ2) is 12.9. The molecular weight excluding hydrogens is 647 g/mol. The van der Waals surface area contributed by atoms with Gasteiger partial charge in [-0.15, -0.1) is 0 Å². The molecule has 8 aromatic carbocycles. The molecule has 0 aliphatic heterocycles. The second-order valence-electron chi connectivity index (χ2n) is 13.2. The molecule has 0 unspecified atom stereocenters. The maximum absolute atomic E-state index is 6.70. The zero-order valence-electron chi connectivity index (χ0n) is 28.6. The van der Waals surface area contributed by atoms with E-state index in [1.165, 1.54) is 5.39 Å². The predicted octanol–water partition coefficient (Wildman–Crippen LogP) is 12.9. The first-order chi connectivity index (χ1) is 26.3. The van der Waals surface area contributed by atoms with Crippen LogP contribution in [-0.2, 0) is 0 Å². The van der Waals surface area contributed by atoms with Gasteiger partial charge in [0.25, 0.3) is 0 Å². The van der Waals surface area contributed by atoms with E-state index in [2.05, 4.69) is 146 Å². The number of hydrogen-bond acceptors (Lipinski definition) is 4. The highest BCUT2D eigenvalue weighted by atomic mass is 16.3. The van der Waals surface area contributed by atoms with Gasteiger partial charge in [0.1, 0.15) is 5.52 Å². The van der Waals surface area contributed by atoms with Gasteiger partial charge < -0.3 is 4.42 Å². The summed E-state index contributed by atoms with van der Waals surface area (Å²) < 4.78 is 6.70. The topological polar surface area (TPSA) is 51.8 Å². The molecule has 0 aliphatic rings. The Morgan fingerprint density at radius 3 is 1.83 bits per heavy atom. The third-order valence-electron chi connectivity index (χ3n) is 9.91. The minimum Gasteiger partial charge on any atom is -0.435 e. The molecule has 4 heteroatoms. The van der Waals surface area contributed by atoms with Gasteiger partial charge in [-0.1, -0.05) is 158 Å². The van der Waals surface area contributed by atoms with Gasteiger partial charge in [-0.3, -0.25) is 0 Å². The Hall–Kier alpha value is -7.17. The lowest BCUT2D eigenvalue weighted by Crippen LogP contribution is -1.95. The van der Waals surface area contributed by atoms with Crippen molar-refractivity contribution in [2.75, 3.05) is 0 Å². The summed E-state index contributed by atoms with van der Waals surface area (Å²) in [7, 11) is 0. The van der Waals surface area contributed by atoms with Gasteiger partial charge >= 0.3 is 0 Å². The van der Waals surface area contributed by atoms with E-state index in [-0.39, 0.29) is 0 Å². The van der Waals surface area contributed by atoms with Crippen molar-refractivity contribution in [2.45, 2.75) is 0 Å². The van der Waals surface area contributed by atoms with E-state index >= 15 is 0 Å². The Morgan fingerprint density at radius 2 is 0.981 bits per heavy atom. The molecule has 0 atom stereocenters. The number of fused-ring (bicyclic) bond motifs is 3. The molecule has 0 saturated heterocycles. The Morgan fingerprint density at radius 1 is 0.358 bits per heavy atom. The maximum Gasteiger partial charge on any atom is 0.227 e. The number of hydrogen-bond donors (Lipinski definition) is 0. The molecule has 0 saturated carbocycles. The molecule has 10 rings (SSSR count). The van der Waals surface area contributed by atoms with E-state index in [0.717, 1.165) is 83.2 Å². The van der Waals surface area contributed by atoms with Crippen LogP contribution < -0.4 is 0 Å². The first kappa shape index (κ1) is 30.6. The summed E-state index contributed by atoms with van der Waals surface area (Å²) in [4.78, 5) is 15.1. The highest BCUT2D eigenvalue weighted by molar-refractivity contribution is 6.08. The normalized spacial score (nSPS) is 11.4. The van der Waals surface area contributed by atoms with E-state index in [1.807, 2.05) is 42.5 Å². The lowest BCUT2D eigenvalue weighted by Gasteiger charge is -2.16. The summed E-state index contributed by atoms with van der Waals surface area (Å²) >= 11 is 0. The first-order valence-corrected chi connectivity index (χ1v) is 17.8. The fourth-order valence-electron chi connectivity index (χ4n) is 7.39. The lowest BCUT2D eigenvalue weighted by molar-refractivity contribution is 0.621. The van der Waals surface area contributed by atoms with Gasteiger partial charge in [-0.05, 0) is 68.9 Å². The van der Waals surface area contributed by atoms with Crippen molar-refractivity contribution >= 4 is 32.8 Å². The Kier molecular flexibility index (Phi) is 7.43. The predicted molar refractivity (Wildman–Crippen MR) is 217 cm³/mol. The van der Waals surface area contributed by atoms with E-state index in [9.17, 15) is 0 Å². The molecule has 248 valence electrons. The average molecular weight is 678 g/mol. The van der Waals surface area contributed by atoms with Crippen LogP contribution in [0.25, 0.3) is 100 Å². The number of aromatic nitrogens is 3. The molecular formula is C49H31N3O. The van der Waals surface area contributed by atoms with Crippen LogP contribution in [0.1, 0.15) is 0 Å². The quantitative estimate of drug-likeness (QED) is 0.176. The van der Waals surface area contributed by atoms with Gasteiger partial charge in [0.15, 0.2) is 11.4 Å². The highest BCUT2D eigenvalue weighted by Gasteiger charge is 2.19. The number of para-hydroxylation sites is 2. The molecule has 2 aromatic heterocycles. The van der Waals surface area contributed by atoms with Gasteiger partial charge in [0.05, 0.1) is 11.2 Å². The van der Waals surface area contributed by atoms with E-state index in [4.69, 9.17) is 19.4 Å². The third kappa shape index (κ3) is 5.54. The van der Waals surface area contributed by atoms with E-state index in [1.54, 1.807) is 0 Å². The highest BCUT2D eigenvalue weighted by Crippen LogP contribution is 2.43. The number of oxazole rings is 1. The van der Waals surface area contributed by atoms with Crippen LogP contribution in [0.2, 0.25) is 0 Å². The van der Waals surface area contributed by atoms with Crippen molar-refractivity contribution in [1.29, 1.82) is 0 Å². The molecule has 0 amide bonds. The van der Waals surface area contributed by atoms with Crippen molar-refractivity contribution in [2.24, 2.45) is 0 Å². The van der Waals surface area contributed by atoms with Crippen LogP contribution >= 0.6 is 0 Å². The van der Waals surface area contributed by atoms with Crippen molar-refractivity contribution in [3.63, 3.8) is 0 Å². The zero-order chi connectivity index (χ0) is 35.1. The van der Waals surface area contributed by atoms with E-state index in [0.29, 0.717) is 11.7 Å². The molecule has 53 heavy (non-hydrogen) atoms. The Bertz CT molecular complexity index is 2950. The fourth-order valence-corrected chi connectivity index (χ4v) is 7.39. The van der Waals surface area contributed by atoms with Crippen LogP contribution in [0, 0.1) is 0 Å². The molecule has 0 N–H and O–H groups in total. The van der Waals surface area contributed by atoms with Crippen molar-refractivity contribution in [1.82, 2.24) is 15.0 Å². The molecule has 0 aliphatic carbocycles. The van der Waals surface area contributed by atoms with Crippen molar-refractivity contribution < 1.29 is 4.42 Å². The van der Waals surface area contributed by atoms with Crippen LogP contribution in [-0.4, -0.2) is 15.0 Å². The summed E-state index contributed by atoms with van der Waals surface area (Å²) in [5.41, 5.74) is 12.9. The smallest absolute Gasteiger partial charge is 0.227 e. The largest absolute Gasteiger partial charge is 0.435 e. The summed E-state index contributed by atoms with van der Waals surface area (Å²) in [6.07, 6.45) is 0. The van der Waals surface area contributed by atoms with E-state index < -0.39 is 0 Å². The second-order valence-corrected chi connectivity index (χ2v) is 13.2. The molecule has 0 spiro atoms. The van der Waals surface area contributed by atoms with Crippen LogP contribution in [0.15, 0.2) is 192 Å². The monoisotopic (exact) mass is 677 g/mol. The Labute approximate surface area is 306 Å². The summed E-state index contributed by atoms with van der Waals surface area (Å²) in [5.74, 6) is 1.30. The number of nitrogens with zero attached hydrogens (tertiary/aromatic N) is 3. The molecule has 2 heterocycles. The van der Waals surface area contributed by atoms with Crippen LogP contribution in [0.5, 0.6) is 0 Å². The number of rotatable bonds is 6. The zero-order valence-corrected chi connectivity index (χ0v) is 28.6. The summed E-state index contributed by atoms with van der Waals surface area (Å²) in [6.45, 7) is 0. The average Bonchev–Trinajstić information content (AvgIpc) is 3.69. The molecule has 10 aromatic rings. The molecule has 0 radical (unpaired) electrons. The minimum absolute atomic E-state index is 0.597. The molecule has 0 bridgehead atoms. The SMILES string of the molecule is c1ccc(-c2cccc(-c3nc4cccc(-c5ccc6ccccc6c5-c5cccc(-c6nc(-c7ccccc7)nc7ccccc67)c5)c4o3)c2)cc1. The van der Waals surface area contributed by atoms with Crippen molar-refractivity contribution in [3.8, 4) is 67.5 Å². The standard InChI is InChI=1S/C49H31N3O/c1-3-14-32(15-4-1)35-19-11-22-38(30-35)49-51-44-27-13-25-41(47(44)53-49)40-29-28-33-16-7-8-23-39(33)45(40)36-20-12-21-37(31-36)46-42-24-9-10-26-43(42)50-48(52-46)34-17-5-2-6-18-34/h1-31H. The maximum atomic E-state index is 6.70. The summed E-state index contributed by atoms with van der Waals surface area (Å²) in [5, 5.41) is 3.34. The Balaban J connectivity index is 1.15. The summed E-state index contributed by atoms with van der Waals surface area (Å²) in [6, 6.07) is 65.1. The lowest BCUT2D eigenvalue weighted by atomic mass is 9.88.